The molecule has 1 saturated heterocycles. The molecule has 0 saturated carbocycles. The molecule has 0 spiro atoms. The van der Waals surface area contributed by atoms with Gasteiger partial charge < -0.3 is 10.4 Å². The van der Waals surface area contributed by atoms with Gasteiger partial charge >= 0.3 is 0 Å². The molecule has 1 aromatic heterocycles. The highest BCUT2D eigenvalue weighted by Gasteiger charge is 2.19. The number of likely N-dealkylation sites (tertiary alicyclic amines) is 1. The van der Waals surface area contributed by atoms with Crippen molar-refractivity contribution in [2.24, 2.45) is 5.92 Å². The summed E-state index contributed by atoms with van der Waals surface area (Å²) < 4.78 is 0. The number of aliphatic hydroxyl groups is 1. The number of hydrogen-bond acceptors (Lipinski definition) is 4. The molecule has 1 aromatic carbocycles. The van der Waals surface area contributed by atoms with Crippen molar-refractivity contribution < 1.29 is 5.11 Å². The highest BCUT2D eigenvalue weighted by atomic mass is 32.1. The van der Waals surface area contributed by atoms with E-state index < -0.39 is 0 Å². The molecule has 1 aliphatic heterocycles. The number of piperidine rings is 1. The predicted molar refractivity (Wildman–Crippen MR) is 103 cm³/mol. The summed E-state index contributed by atoms with van der Waals surface area (Å²) in [6.07, 6.45) is 2.22. The molecule has 1 fully saturated rings. The smallest absolute Gasteiger partial charge is 0.0581 e. The Bertz CT molecular complexity index is 647. The maximum atomic E-state index is 9.30. The highest BCUT2D eigenvalue weighted by Crippen LogP contribution is 2.29. The minimum absolute atomic E-state index is 0.325. The van der Waals surface area contributed by atoms with Gasteiger partial charge in [-0.3, -0.25) is 4.90 Å². The standard InChI is InChI=1S/C20H28N2OS/c1-15-9-12-24-20(15)16(2)21-19-6-4-3-5-18(19)13-22-10-7-17(14-23)8-11-22/h3-6,9,12,16-17,21,23H,7-8,10-11,13-14H2,1-2H3. The summed E-state index contributed by atoms with van der Waals surface area (Å²) in [7, 11) is 0. The lowest BCUT2D eigenvalue weighted by Gasteiger charge is -2.31. The number of aliphatic hydroxyl groups excluding tert-OH is 1. The SMILES string of the molecule is Cc1ccsc1C(C)Nc1ccccc1CN1CCC(CO)CC1. The summed E-state index contributed by atoms with van der Waals surface area (Å²) in [6.45, 7) is 7.91. The fourth-order valence-electron chi connectivity index (χ4n) is 3.49. The molecule has 1 atom stereocenters. The van der Waals surface area contributed by atoms with E-state index in [4.69, 9.17) is 0 Å². The first-order valence-corrected chi connectivity index (χ1v) is 9.77. The molecule has 1 aliphatic rings. The first-order chi connectivity index (χ1) is 11.7. The third-order valence-electron chi connectivity index (χ3n) is 5.04. The number of aryl methyl sites for hydroxylation is 1. The zero-order valence-corrected chi connectivity index (χ0v) is 15.5. The Morgan fingerprint density at radius 1 is 1.25 bits per heavy atom. The van der Waals surface area contributed by atoms with Crippen molar-refractivity contribution >= 4 is 17.0 Å². The van der Waals surface area contributed by atoms with Crippen LogP contribution in [0, 0.1) is 12.8 Å². The maximum absolute atomic E-state index is 9.30. The van der Waals surface area contributed by atoms with Gasteiger partial charge in [0.2, 0.25) is 0 Å². The van der Waals surface area contributed by atoms with E-state index >= 15 is 0 Å². The number of thiophene rings is 1. The zero-order chi connectivity index (χ0) is 16.9. The first-order valence-electron chi connectivity index (χ1n) is 8.89. The number of benzene rings is 1. The second-order valence-electron chi connectivity index (χ2n) is 6.89. The van der Waals surface area contributed by atoms with Crippen molar-refractivity contribution in [3.63, 3.8) is 0 Å². The monoisotopic (exact) mass is 344 g/mol. The summed E-state index contributed by atoms with van der Waals surface area (Å²) in [5.74, 6) is 0.497. The summed E-state index contributed by atoms with van der Waals surface area (Å²) in [5.41, 5.74) is 3.96. The van der Waals surface area contributed by atoms with E-state index in [1.165, 1.54) is 21.7 Å². The van der Waals surface area contributed by atoms with Crippen molar-refractivity contribution in [2.45, 2.75) is 39.3 Å². The molecule has 2 aromatic rings. The molecular weight excluding hydrogens is 316 g/mol. The molecule has 1 unspecified atom stereocenters. The van der Waals surface area contributed by atoms with Gasteiger partial charge in [0.05, 0.1) is 6.04 Å². The third-order valence-corrected chi connectivity index (χ3v) is 6.25. The van der Waals surface area contributed by atoms with Crippen LogP contribution in [0.15, 0.2) is 35.7 Å². The molecular formula is C20H28N2OS. The van der Waals surface area contributed by atoms with Crippen LogP contribution in [0.1, 0.15) is 41.8 Å². The lowest BCUT2D eigenvalue weighted by Crippen LogP contribution is -2.34. The van der Waals surface area contributed by atoms with Crippen LogP contribution < -0.4 is 5.32 Å². The molecule has 3 nitrogen and oxygen atoms in total. The molecule has 3 rings (SSSR count). The topological polar surface area (TPSA) is 35.5 Å². The minimum atomic E-state index is 0.325. The molecule has 2 heterocycles. The van der Waals surface area contributed by atoms with Gasteiger partial charge in [-0.25, -0.2) is 0 Å². The molecule has 24 heavy (non-hydrogen) atoms. The Labute approximate surface area is 149 Å². The van der Waals surface area contributed by atoms with Crippen LogP contribution in [0.3, 0.4) is 0 Å². The van der Waals surface area contributed by atoms with E-state index in [9.17, 15) is 5.11 Å². The van der Waals surface area contributed by atoms with Crippen molar-refractivity contribution in [1.29, 1.82) is 0 Å². The van der Waals surface area contributed by atoms with Gasteiger partial charge in [0.25, 0.3) is 0 Å². The zero-order valence-electron chi connectivity index (χ0n) is 14.7. The van der Waals surface area contributed by atoms with Gasteiger partial charge in [-0.2, -0.15) is 0 Å². The summed E-state index contributed by atoms with van der Waals surface area (Å²) in [5, 5.41) is 15.2. The van der Waals surface area contributed by atoms with Gasteiger partial charge in [0.15, 0.2) is 0 Å². The Kier molecular flexibility index (Phi) is 5.93. The van der Waals surface area contributed by atoms with Gasteiger partial charge in [0, 0.05) is 23.7 Å². The van der Waals surface area contributed by atoms with Crippen LogP contribution in [-0.2, 0) is 6.54 Å². The summed E-state index contributed by atoms with van der Waals surface area (Å²) >= 11 is 1.82. The fourth-order valence-corrected chi connectivity index (χ4v) is 4.43. The second-order valence-corrected chi connectivity index (χ2v) is 7.84. The largest absolute Gasteiger partial charge is 0.396 e. The Hall–Kier alpha value is -1.36. The highest BCUT2D eigenvalue weighted by molar-refractivity contribution is 7.10. The molecule has 0 radical (unpaired) electrons. The second kappa shape index (κ2) is 8.15. The number of nitrogens with one attached hydrogen (secondary N) is 1. The number of rotatable bonds is 6. The van der Waals surface area contributed by atoms with Crippen LogP contribution in [0.2, 0.25) is 0 Å². The van der Waals surface area contributed by atoms with Crippen molar-refractivity contribution in [2.75, 3.05) is 25.0 Å². The summed E-state index contributed by atoms with van der Waals surface area (Å²) in [6, 6.07) is 11.2. The Morgan fingerprint density at radius 3 is 2.67 bits per heavy atom. The quantitative estimate of drug-likeness (QED) is 0.813. The van der Waals surface area contributed by atoms with Crippen LogP contribution in [-0.4, -0.2) is 29.7 Å². The average Bonchev–Trinajstić information content (AvgIpc) is 3.03. The number of nitrogens with zero attached hydrogens (tertiary/aromatic N) is 1. The van der Waals surface area contributed by atoms with E-state index in [-0.39, 0.29) is 0 Å². The Balaban J connectivity index is 1.66. The van der Waals surface area contributed by atoms with Crippen molar-refractivity contribution in [3.8, 4) is 0 Å². The number of para-hydroxylation sites is 1. The van der Waals surface area contributed by atoms with Crippen LogP contribution in [0.25, 0.3) is 0 Å². The minimum Gasteiger partial charge on any atom is -0.396 e. The average molecular weight is 345 g/mol. The van der Waals surface area contributed by atoms with E-state index in [0.29, 0.717) is 18.6 Å². The van der Waals surface area contributed by atoms with Crippen LogP contribution in [0.5, 0.6) is 0 Å². The van der Waals surface area contributed by atoms with Crippen LogP contribution >= 0.6 is 11.3 Å². The van der Waals surface area contributed by atoms with Crippen LogP contribution in [0.4, 0.5) is 5.69 Å². The van der Waals surface area contributed by atoms with E-state index in [1.54, 1.807) is 0 Å². The molecule has 0 amide bonds. The molecule has 0 aliphatic carbocycles. The number of anilines is 1. The van der Waals surface area contributed by atoms with Gasteiger partial charge in [-0.05, 0) is 74.3 Å². The molecule has 4 heteroatoms. The first kappa shape index (κ1) is 17.5. The van der Waals surface area contributed by atoms with Crippen molar-refractivity contribution in [1.82, 2.24) is 4.90 Å². The van der Waals surface area contributed by atoms with E-state index in [2.05, 4.69) is 59.8 Å². The number of hydrogen-bond donors (Lipinski definition) is 2. The maximum Gasteiger partial charge on any atom is 0.0581 e. The molecule has 130 valence electrons. The van der Waals surface area contributed by atoms with Gasteiger partial charge in [0.1, 0.15) is 0 Å². The fraction of sp³-hybridized carbons (Fsp3) is 0.500. The predicted octanol–water partition coefficient (Wildman–Crippen LogP) is 4.43. The Morgan fingerprint density at radius 2 is 2.00 bits per heavy atom. The lowest BCUT2D eigenvalue weighted by molar-refractivity contribution is 0.127. The summed E-state index contributed by atoms with van der Waals surface area (Å²) in [4.78, 5) is 3.92. The van der Waals surface area contributed by atoms with Gasteiger partial charge in [-0.15, -0.1) is 11.3 Å². The molecule has 2 N–H and O–H groups in total. The normalized spacial score (nSPS) is 17.8. The lowest BCUT2D eigenvalue weighted by atomic mass is 9.97. The van der Waals surface area contributed by atoms with Crippen molar-refractivity contribution in [3.05, 3.63) is 51.7 Å². The van der Waals surface area contributed by atoms with Gasteiger partial charge in [-0.1, -0.05) is 18.2 Å². The third kappa shape index (κ3) is 4.18. The molecule has 0 bridgehead atoms. The van der Waals surface area contributed by atoms with E-state index in [0.717, 1.165) is 32.5 Å². The van der Waals surface area contributed by atoms with E-state index in [1.807, 2.05) is 11.3 Å².